The normalized spacial score (nSPS) is 11.6. The quantitative estimate of drug-likeness (QED) is 0.131. The molecule has 0 N–H and O–H groups in total. The average molecular weight is 711 g/mol. The maximum atomic E-state index is 4.75. The van der Waals surface area contributed by atoms with Crippen LogP contribution in [0.3, 0.4) is 0 Å². The molecule has 1 aromatic heterocycles. The van der Waals surface area contributed by atoms with Crippen LogP contribution < -0.4 is 0 Å². The van der Waals surface area contributed by atoms with Crippen molar-refractivity contribution in [1.29, 1.82) is 0 Å². The van der Waals surface area contributed by atoms with Gasteiger partial charge in [0, 0.05) is 18.0 Å². The number of benzene rings is 10. The van der Waals surface area contributed by atoms with Crippen molar-refractivity contribution in [3.05, 3.63) is 207 Å². The Balaban J connectivity index is 0.994. The first kappa shape index (κ1) is 32.0. The monoisotopic (exact) mass is 710 g/mol. The Morgan fingerprint density at radius 3 is 1.55 bits per heavy atom. The van der Waals surface area contributed by atoms with Gasteiger partial charge in [-0.05, 0) is 123 Å². The van der Waals surface area contributed by atoms with Crippen LogP contribution in [0.4, 0.5) is 0 Å². The van der Waals surface area contributed by atoms with Crippen LogP contribution in [0.25, 0.3) is 110 Å². The molecule has 0 saturated heterocycles. The lowest BCUT2D eigenvalue weighted by molar-refractivity contribution is 1.18. The molecule has 2 nitrogen and oxygen atoms in total. The van der Waals surface area contributed by atoms with Crippen molar-refractivity contribution in [3.8, 4) is 55.9 Å². The third-order valence-corrected chi connectivity index (χ3v) is 11.4. The van der Waals surface area contributed by atoms with E-state index in [0.29, 0.717) is 0 Å². The van der Waals surface area contributed by atoms with Gasteiger partial charge in [0.1, 0.15) is 0 Å². The van der Waals surface area contributed by atoms with E-state index in [1.165, 1.54) is 87.6 Å². The van der Waals surface area contributed by atoms with Gasteiger partial charge in [-0.3, -0.25) is 0 Å². The average Bonchev–Trinajstić information content (AvgIpc) is 3.28. The summed E-state index contributed by atoms with van der Waals surface area (Å²) in [7, 11) is 0. The summed E-state index contributed by atoms with van der Waals surface area (Å²) in [6.45, 7) is 0. The van der Waals surface area contributed by atoms with E-state index < -0.39 is 0 Å². The Bertz CT molecular complexity index is 3260. The van der Waals surface area contributed by atoms with Crippen LogP contribution in [-0.2, 0) is 0 Å². The lowest BCUT2D eigenvalue weighted by atomic mass is 9.86. The standard InChI is InChI=1S/C54H34N2/c1-2-10-35(11-3-1)42-26-29-49-51(34-42)53(54-55-30-9-31-56-54)48-15-7-6-14-47(48)52(49)39-24-20-37(21-25-39)36-18-22-38(23-19-36)44-16-8-17-45-46(44)28-27-43-32-40-12-4-5-13-41(40)33-50(43)45/h1-34H. The molecule has 56 heavy (non-hydrogen) atoms. The zero-order chi connectivity index (χ0) is 37.0. The smallest absolute Gasteiger partial charge is 0.160 e. The second-order valence-corrected chi connectivity index (χ2v) is 14.5. The zero-order valence-electron chi connectivity index (χ0n) is 30.5. The molecule has 0 unspecified atom stereocenters. The number of hydrogen-bond acceptors (Lipinski definition) is 2. The topological polar surface area (TPSA) is 25.8 Å². The van der Waals surface area contributed by atoms with Crippen LogP contribution in [0.1, 0.15) is 0 Å². The van der Waals surface area contributed by atoms with Gasteiger partial charge in [0.2, 0.25) is 0 Å². The summed E-state index contributed by atoms with van der Waals surface area (Å²) in [5.74, 6) is 0.731. The predicted octanol–water partition coefficient (Wildman–Crippen LogP) is 14.6. The number of rotatable bonds is 5. The largest absolute Gasteiger partial charge is 0.237 e. The van der Waals surface area contributed by atoms with E-state index in [4.69, 9.17) is 9.97 Å². The number of aromatic nitrogens is 2. The van der Waals surface area contributed by atoms with E-state index >= 15 is 0 Å². The molecule has 2 heteroatoms. The second-order valence-electron chi connectivity index (χ2n) is 14.5. The maximum Gasteiger partial charge on any atom is 0.160 e. The van der Waals surface area contributed by atoms with E-state index in [0.717, 1.165) is 22.2 Å². The summed E-state index contributed by atoms with van der Waals surface area (Å²) in [4.78, 5) is 9.50. The Hall–Kier alpha value is -7.42. The molecular formula is C54H34N2. The Morgan fingerprint density at radius 1 is 0.250 bits per heavy atom. The van der Waals surface area contributed by atoms with E-state index in [1.54, 1.807) is 0 Å². The van der Waals surface area contributed by atoms with Gasteiger partial charge in [-0.2, -0.15) is 0 Å². The number of hydrogen-bond donors (Lipinski definition) is 0. The minimum absolute atomic E-state index is 0.731. The summed E-state index contributed by atoms with van der Waals surface area (Å²) in [6.07, 6.45) is 3.66. The highest BCUT2D eigenvalue weighted by Crippen LogP contribution is 2.44. The molecule has 11 aromatic rings. The molecule has 10 aromatic carbocycles. The van der Waals surface area contributed by atoms with E-state index in [9.17, 15) is 0 Å². The Kier molecular flexibility index (Phi) is 7.53. The van der Waals surface area contributed by atoms with Crippen LogP contribution in [0.2, 0.25) is 0 Å². The third kappa shape index (κ3) is 5.34. The van der Waals surface area contributed by atoms with Gasteiger partial charge in [-0.1, -0.05) is 170 Å². The Labute approximate surface area is 325 Å². The second kappa shape index (κ2) is 13.2. The van der Waals surface area contributed by atoms with Crippen LogP contribution in [0.15, 0.2) is 207 Å². The Morgan fingerprint density at radius 2 is 0.804 bits per heavy atom. The molecule has 0 spiro atoms. The molecule has 0 aliphatic rings. The van der Waals surface area contributed by atoms with E-state index in [2.05, 4.69) is 188 Å². The van der Waals surface area contributed by atoms with Crippen molar-refractivity contribution in [2.24, 2.45) is 0 Å². The summed E-state index contributed by atoms with van der Waals surface area (Å²) in [6, 6.07) is 70.5. The zero-order valence-corrected chi connectivity index (χ0v) is 30.5. The minimum Gasteiger partial charge on any atom is -0.237 e. The minimum atomic E-state index is 0.731. The first-order chi connectivity index (χ1) is 27.8. The maximum absolute atomic E-state index is 4.75. The highest BCUT2D eigenvalue weighted by Gasteiger charge is 2.19. The molecular weight excluding hydrogens is 677 g/mol. The molecule has 11 rings (SSSR count). The van der Waals surface area contributed by atoms with Gasteiger partial charge in [0.15, 0.2) is 5.82 Å². The van der Waals surface area contributed by atoms with Crippen LogP contribution in [-0.4, -0.2) is 9.97 Å². The molecule has 0 amide bonds. The fourth-order valence-corrected chi connectivity index (χ4v) is 8.67. The van der Waals surface area contributed by atoms with Crippen molar-refractivity contribution < 1.29 is 0 Å². The van der Waals surface area contributed by atoms with Crippen molar-refractivity contribution in [2.45, 2.75) is 0 Å². The van der Waals surface area contributed by atoms with Crippen LogP contribution in [0, 0.1) is 0 Å². The number of fused-ring (bicyclic) bond motifs is 6. The third-order valence-electron chi connectivity index (χ3n) is 11.4. The first-order valence-corrected chi connectivity index (χ1v) is 19.1. The van der Waals surface area contributed by atoms with E-state index in [-0.39, 0.29) is 0 Å². The van der Waals surface area contributed by atoms with Crippen molar-refractivity contribution in [1.82, 2.24) is 9.97 Å². The molecule has 0 fully saturated rings. The summed E-state index contributed by atoms with van der Waals surface area (Å²) in [5.41, 5.74) is 10.6. The summed E-state index contributed by atoms with van der Waals surface area (Å²) in [5, 5.41) is 12.3. The van der Waals surface area contributed by atoms with Crippen molar-refractivity contribution in [3.63, 3.8) is 0 Å². The van der Waals surface area contributed by atoms with E-state index in [1.807, 2.05) is 18.5 Å². The van der Waals surface area contributed by atoms with Crippen LogP contribution in [0.5, 0.6) is 0 Å². The molecule has 0 aliphatic carbocycles. The lowest BCUT2D eigenvalue weighted by Crippen LogP contribution is -1.94. The van der Waals surface area contributed by atoms with Crippen LogP contribution >= 0.6 is 0 Å². The molecule has 0 radical (unpaired) electrons. The molecule has 1 heterocycles. The van der Waals surface area contributed by atoms with Gasteiger partial charge in [-0.15, -0.1) is 0 Å². The fourth-order valence-electron chi connectivity index (χ4n) is 8.67. The van der Waals surface area contributed by atoms with Gasteiger partial charge in [-0.25, -0.2) is 9.97 Å². The van der Waals surface area contributed by atoms with Gasteiger partial charge < -0.3 is 0 Å². The van der Waals surface area contributed by atoms with Gasteiger partial charge in [0.05, 0.1) is 0 Å². The van der Waals surface area contributed by atoms with Gasteiger partial charge >= 0.3 is 0 Å². The molecule has 0 aliphatic heterocycles. The van der Waals surface area contributed by atoms with Crippen molar-refractivity contribution in [2.75, 3.05) is 0 Å². The molecule has 0 bridgehead atoms. The first-order valence-electron chi connectivity index (χ1n) is 19.1. The fraction of sp³-hybridized carbons (Fsp3) is 0. The van der Waals surface area contributed by atoms with Gasteiger partial charge in [0.25, 0.3) is 0 Å². The lowest BCUT2D eigenvalue weighted by Gasteiger charge is -2.18. The molecule has 0 atom stereocenters. The highest BCUT2D eigenvalue weighted by atomic mass is 14.9. The van der Waals surface area contributed by atoms with Crippen molar-refractivity contribution >= 4 is 53.9 Å². The number of nitrogens with zero attached hydrogens (tertiary/aromatic N) is 2. The molecule has 0 saturated carbocycles. The summed E-state index contributed by atoms with van der Waals surface area (Å²) < 4.78 is 0. The SMILES string of the molecule is c1ccc(-c2ccc3c(-c4ccc(-c5ccc(-c6cccc7c6ccc6cc8ccccc8cc67)cc5)cc4)c4ccccc4c(-c4ncccn4)c3c2)cc1. The summed E-state index contributed by atoms with van der Waals surface area (Å²) >= 11 is 0. The molecule has 260 valence electrons. The highest BCUT2D eigenvalue weighted by molar-refractivity contribution is 6.21. The predicted molar refractivity (Wildman–Crippen MR) is 237 cm³/mol.